The summed E-state index contributed by atoms with van der Waals surface area (Å²) in [6.45, 7) is 4.79. The molecule has 0 heterocycles. The van der Waals surface area contributed by atoms with Crippen molar-refractivity contribution in [3.05, 3.63) is 12.2 Å². The van der Waals surface area contributed by atoms with E-state index >= 15 is 0 Å². The van der Waals surface area contributed by atoms with E-state index in [1.807, 2.05) is 0 Å². The summed E-state index contributed by atoms with van der Waals surface area (Å²) in [7, 11) is 0. The van der Waals surface area contributed by atoms with E-state index in [0.717, 1.165) is 25.7 Å². The Morgan fingerprint density at radius 3 is 2.60 bits per heavy atom. The number of hydrogen-bond donors (Lipinski definition) is 0. The van der Waals surface area contributed by atoms with Crippen LogP contribution in [0.5, 0.6) is 0 Å². The van der Waals surface area contributed by atoms with Crippen LogP contribution in [0.15, 0.2) is 12.2 Å². The van der Waals surface area contributed by atoms with E-state index in [1.54, 1.807) is 0 Å². The van der Waals surface area contributed by atoms with Gasteiger partial charge in [0.15, 0.2) is 0 Å². The van der Waals surface area contributed by atoms with E-state index in [-0.39, 0.29) is 5.97 Å². The minimum absolute atomic E-state index is 0.0454. The third kappa shape index (κ3) is 11.1. The van der Waals surface area contributed by atoms with Crippen molar-refractivity contribution in [3.8, 4) is 0 Å². The summed E-state index contributed by atoms with van der Waals surface area (Å²) in [6.07, 6.45) is 11.2. The topological polar surface area (TPSA) is 26.3 Å². The molecule has 88 valence electrons. The van der Waals surface area contributed by atoms with Crippen molar-refractivity contribution >= 4 is 5.97 Å². The van der Waals surface area contributed by atoms with Crippen LogP contribution < -0.4 is 0 Å². The normalized spacial score (nSPS) is 10.8. The highest BCUT2D eigenvalue weighted by Gasteiger charge is 2.00. The predicted molar refractivity (Wildman–Crippen MR) is 63.8 cm³/mol. The molecular formula is C13H24O2. The molecule has 0 atom stereocenters. The molecule has 2 heteroatoms. The Morgan fingerprint density at radius 1 is 1.13 bits per heavy atom. The van der Waals surface area contributed by atoms with E-state index in [0.29, 0.717) is 13.0 Å². The van der Waals surface area contributed by atoms with Gasteiger partial charge in [-0.05, 0) is 19.3 Å². The van der Waals surface area contributed by atoms with Crippen molar-refractivity contribution in [1.29, 1.82) is 0 Å². The highest BCUT2D eigenvalue weighted by Crippen LogP contribution is 2.03. The van der Waals surface area contributed by atoms with Crippen LogP contribution in [-0.2, 0) is 9.53 Å². The molecule has 0 aliphatic carbocycles. The summed E-state index contributed by atoms with van der Waals surface area (Å²) in [5.41, 5.74) is 0. The Balaban J connectivity index is 3.22. The summed E-state index contributed by atoms with van der Waals surface area (Å²) in [4.78, 5) is 11.2. The van der Waals surface area contributed by atoms with Crippen LogP contribution in [0.3, 0.4) is 0 Å². The smallest absolute Gasteiger partial charge is 0.305 e. The second-order valence-electron chi connectivity index (χ2n) is 3.70. The maximum atomic E-state index is 11.2. The van der Waals surface area contributed by atoms with Gasteiger partial charge in [0.1, 0.15) is 0 Å². The van der Waals surface area contributed by atoms with Crippen molar-refractivity contribution in [2.75, 3.05) is 6.61 Å². The molecule has 0 aromatic rings. The zero-order valence-corrected chi connectivity index (χ0v) is 10.1. The molecule has 0 rings (SSSR count). The molecule has 0 aromatic heterocycles. The van der Waals surface area contributed by atoms with Gasteiger partial charge in [-0.25, -0.2) is 0 Å². The first-order valence-electron chi connectivity index (χ1n) is 6.11. The summed E-state index contributed by atoms with van der Waals surface area (Å²) >= 11 is 0. The average Bonchev–Trinajstić information content (AvgIpc) is 2.24. The maximum Gasteiger partial charge on any atom is 0.305 e. The number of hydrogen-bond acceptors (Lipinski definition) is 2. The first-order valence-corrected chi connectivity index (χ1v) is 6.11. The van der Waals surface area contributed by atoms with Gasteiger partial charge < -0.3 is 4.74 Å². The molecule has 0 aliphatic heterocycles. The highest BCUT2D eigenvalue weighted by molar-refractivity contribution is 5.69. The monoisotopic (exact) mass is 212 g/mol. The minimum atomic E-state index is -0.0454. The second-order valence-corrected chi connectivity index (χ2v) is 3.70. The van der Waals surface area contributed by atoms with Crippen molar-refractivity contribution in [2.24, 2.45) is 0 Å². The lowest BCUT2D eigenvalue weighted by Gasteiger charge is -2.02. The molecule has 0 spiro atoms. The van der Waals surface area contributed by atoms with Gasteiger partial charge in [-0.2, -0.15) is 0 Å². The van der Waals surface area contributed by atoms with Gasteiger partial charge in [-0.3, -0.25) is 4.79 Å². The van der Waals surface area contributed by atoms with Gasteiger partial charge in [0.05, 0.1) is 6.61 Å². The van der Waals surface area contributed by atoms with Crippen LogP contribution in [-0.4, -0.2) is 12.6 Å². The minimum Gasteiger partial charge on any atom is -0.465 e. The van der Waals surface area contributed by atoms with Crippen LogP contribution in [0.25, 0.3) is 0 Å². The standard InChI is InChI=1S/C13H24O2/c1-3-5-7-9-11-13(14)15-12-10-8-6-4-2/h6,8H,3-5,7,9-12H2,1-2H3/b8-6+. The molecular weight excluding hydrogens is 188 g/mol. The molecule has 0 unspecified atom stereocenters. The van der Waals surface area contributed by atoms with E-state index in [4.69, 9.17) is 4.74 Å². The summed E-state index contributed by atoms with van der Waals surface area (Å²) in [5.74, 6) is -0.0454. The van der Waals surface area contributed by atoms with Crippen molar-refractivity contribution in [2.45, 2.75) is 58.8 Å². The fraction of sp³-hybridized carbons (Fsp3) is 0.769. The third-order valence-electron chi connectivity index (χ3n) is 2.18. The molecule has 2 nitrogen and oxygen atoms in total. The zero-order valence-electron chi connectivity index (χ0n) is 10.1. The van der Waals surface area contributed by atoms with Crippen molar-refractivity contribution in [3.63, 3.8) is 0 Å². The molecule has 0 amide bonds. The molecule has 0 fully saturated rings. The van der Waals surface area contributed by atoms with E-state index in [1.165, 1.54) is 12.8 Å². The Hall–Kier alpha value is -0.790. The first kappa shape index (κ1) is 14.2. The third-order valence-corrected chi connectivity index (χ3v) is 2.18. The lowest BCUT2D eigenvalue weighted by molar-refractivity contribution is -0.143. The molecule has 0 saturated heterocycles. The van der Waals surface area contributed by atoms with E-state index in [9.17, 15) is 4.79 Å². The van der Waals surface area contributed by atoms with Crippen LogP contribution in [0.4, 0.5) is 0 Å². The predicted octanol–water partition coefficient (Wildman–Crippen LogP) is 3.86. The average molecular weight is 212 g/mol. The molecule has 0 N–H and O–H groups in total. The number of carbonyl (C=O) groups is 1. The number of ether oxygens (including phenoxy) is 1. The Kier molecular flexibility index (Phi) is 10.7. The van der Waals surface area contributed by atoms with Crippen LogP contribution in [0.1, 0.15) is 58.8 Å². The largest absolute Gasteiger partial charge is 0.465 e. The molecule has 0 saturated carbocycles. The zero-order chi connectivity index (χ0) is 11.4. The quantitative estimate of drug-likeness (QED) is 0.329. The van der Waals surface area contributed by atoms with Crippen LogP contribution >= 0.6 is 0 Å². The number of rotatable bonds is 9. The lowest BCUT2D eigenvalue weighted by Crippen LogP contribution is -2.04. The second kappa shape index (κ2) is 11.3. The molecule has 0 radical (unpaired) electrons. The van der Waals surface area contributed by atoms with Crippen LogP contribution in [0, 0.1) is 0 Å². The summed E-state index contributed by atoms with van der Waals surface area (Å²) < 4.78 is 5.08. The number of unbranched alkanes of at least 4 members (excludes halogenated alkanes) is 3. The van der Waals surface area contributed by atoms with Gasteiger partial charge in [0.2, 0.25) is 0 Å². The fourth-order valence-corrected chi connectivity index (χ4v) is 1.29. The molecule has 0 aromatic carbocycles. The Labute approximate surface area is 93.7 Å². The maximum absolute atomic E-state index is 11.2. The lowest BCUT2D eigenvalue weighted by atomic mass is 10.2. The highest BCUT2D eigenvalue weighted by atomic mass is 16.5. The van der Waals surface area contributed by atoms with E-state index in [2.05, 4.69) is 26.0 Å². The number of allylic oxidation sites excluding steroid dienone is 1. The summed E-state index contributed by atoms with van der Waals surface area (Å²) in [6, 6.07) is 0. The van der Waals surface area contributed by atoms with Crippen molar-refractivity contribution < 1.29 is 9.53 Å². The van der Waals surface area contributed by atoms with Crippen molar-refractivity contribution in [1.82, 2.24) is 0 Å². The van der Waals surface area contributed by atoms with Gasteiger partial charge in [0, 0.05) is 6.42 Å². The van der Waals surface area contributed by atoms with E-state index < -0.39 is 0 Å². The molecule has 0 aliphatic rings. The number of esters is 1. The van der Waals surface area contributed by atoms with Gasteiger partial charge in [-0.15, -0.1) is 0 Å². The Bertz CT molecular complexity index is 173. The SMILES string of the molecule is CC/C=C/CCOC(=O)CCCCCC. The number of carbonyl (C=O) groups excluding carboxylic acids is 1. The van der Waals surface area contributed by atoms with Gasteiger partial charge in [0.25, 0.3) is 0 Å². The van der Waals surface area contributed by atoms with Gasteiger partial charge in [-0.1, -0.05) is 45.3 Å². The molecule has 15 heavy (non-hydrogen) atoms. The summed E-state index contributed by atoms with van der Waals surface area (Å²) in [5, 5.41) is 0. The first-order chi connectivity index (χ1) is 7.31. The Morgan fingerprint density at radius 2 is 1.93 bits per heavy atom. The van der Waals surface area contributed by atoms with Gasteiger partial charge >= 0.3 is 5.97 Å². The van der Waals surface area contributed by atoms with Crippen LogP contribution in [0.2, 0.25) is 0 Å². The fourth-order valence-electron chi connectivity index (χ4n) is 1.29. The molecule has 0 bridgehead atoms.